The number of carbonyl (C=O) groups excluding carboxylic acids is 1. The van der Waals surface area contributed by atoms with E-state index in [4.69, 9.17) is 11.6 Å². The van der Waals surface area contributed by atoms with E-state index in [1.165, 1.54) is 11.1 Å². The van der Waals surface area contributed by atoms with E-state index in [0.717, 1.165) is 49.7 Å². The normalized spacial score (nSPS) is 15.9. The van der Waals surface area contributed by atoms with Crippen LogP contribution in [-0.2, 0) is 0 Å². The lowest BCUT2D eigenvalue weighted by atomic mass is 9.96. The molecule has 1 fully saturated rings. The second kappa shape index (κ2) is 11.3. The third-order valence-electron chi connectivity index (χ3n) is 6.05. The lowest BCUT2D eigenvalue weighted by Gasteiger charge is -2.40. The Labute approximate surface area is 195 Å². The van der Waals surface area contributed by atoms with Gasteiger partial charge >= 0.3 is 0 Å². The average Bonchev–Trinajstić information content (AvgIpc) is 2.85. The van der Waals surface area contributed by atoms with Gasteiger partial charge in [-0.05, 0) is 48.4 Å². The average molecular weight is 448 g/mol. The second-order valence-corrected chi connectivity index (χ2v) is 8.65. The Hall–Kier alpha value is -2.66. The molecule has 0 saturated carbocycles. The molecule has 1 atom stereocenters. The molecule has 0 aromatic heterocycles. The van der Waals surface area contributed by atoms with Gasteiger partial charge in [0.05, 0.1) is 6.04 Å². The SMILES string of the molecule is O=C(NCCCN1CCN(C(c2ccccc2)c2ccc(Cl)cc2)CC1)c1ccccc1. The maximum Gasteiger partial charge on any atom is 0.251 e. The first-order valence-corrected chi connectivity index (χ1v) is 11.7. The molecule has 1 saturated heterocycles. The quantitative estimate of drug-likeness (QED) is 0.500. The molecule has 1 unspecified atom stereocenters. The van der Waals surface area contributed by atoms with E-state index in [1.807, 2.05) is 42.5 Å². The van der Waals surface area contributed by atoms with Gasteiger partial charge in [0.2, 0.25) is 0 Å². The van der Waals surface area contributed by atoms with Crippen molar-refractivity contribution in [3.63, 3.8) is 0 Å². The Bertz CT molecular complexity index is 971. The lowest BCUT2D eigenvalue weighted by molar-refractivity contribution is 0.0941. The number of amides is 1. The number of rotatable bonds is 8. The van der Waals surface area contributed by atoms with Gasteiger partial charge in [0.1, 0.15) is 0 Å². The Balaban J connectivity index is 1.28. The fourth-order valence-electron chi connectivity index (χ4n) is 4.34. The Morgan fingerprint density at radius 1 is 0.812 bits per heavy atom. The maximum atomic E-state index is 12.2. The molecule has 3 aromatic carbocycles. The molecule has 1 N–H and O–H groups in total. The van der Waals surface area contributed by atoms with Crippen molar-refractivity contribution in [1.82, 2.24) is 15.1 Å². The number of benzene rings is 3. The molecular weight excluding hydrogens is 418 g/mol. The van der Waals surface area contributed by atoms with Gasteiger partial charge in [-0.15, -0.1) is 0 Å². The van der Waals surface area contributed by atoms with Crippen LogP contribution < -0.4 is 5.32 Å². The number of piperazine rings is 1. The molecule has 166 valence electrons. The fourth-order valence-corrected chi connectivity index (χ4v) is 4.46. The van der Waals surface area contributed by atoms with Gasteiger partial charge in [0.15, 0.2) is 0 Å². The highest BCUT2D eigenvalue weighted by Crippen LogP contribution is 2.30. The minimum atomic E-state index is 0.00378. The van der Waals surface area contributed by atoms with E-state index in [9.17, 15) is 4.79 Å². The first kappa shape index (κ1) is 22.5. The third kappa shape index (κ3) is 5.98. The molecule has 0 spiro atoms. The van der Waals surface area contributed by atoms with Crippen molar-refractivity contribution in [3.05, 3.63) is 107 Å². The van der Waals surface area contributed by atoms with E-state index in [0.29, 0.717) is 6.54 Å². The van der Waals surface area contributed by atoms with Crippen LogP contribution in [0, 0.1) is 0 Å². The summed E-state index contributed by atoms with van der Waals surface area (Å²) in [5.74, 6) is 0.00378. The summed E-state index contributed by atoms with van der Waals surface area (Å²) in [4.78, 5) is 17.2. The van der Waals surface area contributed by atoms with Crippen molar-refractivity contribution in [3.8, 4) is 0 Å². The number of carbonyl (C=O) groups is 1. The van der Waals surface area contributed by atoms with Crippen LogP contribution >= 0.6 is 11.6 Å². The predicted molar refractivity (Wildman–Crippen MR) is 131 cm³/mol. The third-order valence-corrected chi connectivity index (χ3v) is 6.30. The van der Waals surface area contributed by atoms with Gasteiger partial charge in [-0.25, -0.2) is 0 Å². The molecule has 4 nitrogen and oxygen atoms in total. The highest BCUT2D eigenvalue weighted by molar-refractivity contribution is 6.30. The van der Waals surface area contributed by atoms with Gasteiger partial charge in [-0.3, -0.25) is 9.69 Å². The molecule has 4 rings (SSSR count). The second-order valence-electron chi connectivity index (χ2n) is 8.22. The summed E-state index contributed by atoms with van der Waals surface area (Å²) in [5, 5.41) is 3.79. The lowest BCUT2D eigenvalue weighted by Crippen LogP contribution is -2.48. The van der Waals surface area contributed by atoms with Gasteiger partial charge in [-0.1, -0.05) is 72.3 Å². The smallest absolute Gasteiger partial charge is 0.251 e. The molecule has 0 bridgehead atoms. The van der Waals surface area contributed by atoms with Crippen molar-refractivity contribution in [2.24, 2.45) is 0 Å². The molecule has 0 radical (unpaired) electrons. The van der Waals surface area contributed by atoms with E-state index < -0.39 is 0 Å². The van der Waals surface area contributed by atoms with Crippen molar-refractivity contribution in [1.29, 1.82) is 0 Å². The zero-order chi connectivity index (χ0) is 22.2. The zero-order valence-corrected chi connectivity index (χ0v) is 19.0. The van der Waals surface area contributed by atoms with Crippen molar-refractivity contribution < 1.29 is 4.79 Å². The maximum absolute atomic E-state index is 12.2. The molecule has 0 aliphatic carbocycles. The standard InChI is InChI=1S/C27H30ClN3O/c28-25-14-12-23(13-15-25)26(22-8-3-1-4-9-22)31-20-18-30(19-21-31)17-7-16-29-27(32)24-10-5-2-6-11-24/h1-6,8-15,26H,7,16-21H2,(H,29,32). The topological polar surface area (TPSA) is 35.6 Å². The number of nitrogens with zero attached hydrogens (tertiary/aromatic N) is 2. The highest BCUT2D eigenvalue weighted by Gasteiger charge is 2.26. The molecule has 1 aliphatic heterocycles. The molecular formula is C27H30ClN3O. The summed E-state index contributed by atoms with van der Waals surface area (Å²) < 4.78 is 0. The van der Waals surface area contributed by atoms with Gasteiger partial charge < -0.3 is 10.2 Å². The monoisotopic (exact) mass is 447 g/mol. The van der Waals surface area contributed by atoms with E-state index in [1.54, 1.807) is 0 Å². The molecule has 1 heterocycles. The molecule has 5 heteroatoms. The largest absolute Gasteiger partial charge is 0.352 e. The number of halogens is 1. The van der Waals surface area contributed by atoms with Crippen molar-refractivity contribution >= 4 is 17.5 Å². The first-order chi connectivity index (χ1) is 15.7. The van der Waals surface area contributed by atoms with Crippen LogP contribution in [0.5, 0.6) is 0 Å². The van der Waals surface area contributed by atoms with E-state index >= 15 is 0 Å². The van der Waals surface area contributed by atoms with Crippen molar-refractivity contribution in [2.75, 3.05) is 39.3 Å². The van der Waals surface area contributed by atoms with Gasteiger partial charge in [-0.2, -0.15) is 0 Å². The minimum Gasteiger partial charge on any atom is -0.352 e. The van der Waals surface area contributed by atoms with Crippen LogP contribution in [0.2, 0.25) is 5.02 Å². The molecule has 32 heavy (non-hydrogen) atoms. The minimum absolute atomic E-state index is 0.00378. The molecule has 3 aromatic rings. The van der Waals surface area contributed by atoms with Crippen molar-refractivity contribution in [2.45, 2.75) is 12.5 Å². The first-order valence-electron chi connectivity index (χ1n) is 11.3. The number of nitrogens with one attached hydrogen (secondary N) is 1. The van der Waals surface area contributed by atoms with E-state index in [-0.39, 0.29) is 11.9 Å². The summed E-state index contributed by atoms with van der Waals surface area (Å²) in [6.45, 7) is 5.79. The number of hydrogen-bond donors (Lipinski definition) is 1. The number of hydrogen-bond acceptors (Lipinski definition) is 3. The van der Waals surface area contributed by atoms with Crippen LogP contribution in [0.4, 0.5) is 0 Å². The van der Waals surface area contributed by atoms with Crippen LogP contribution in [0.25, 0.3) is 0 Å². The summed E-state index contributed by atoms with van der Waals surface area (Å²) >= 11 is 6.14. The molecule has 1 amide bonds. The van der Waals surface area contributed by atoms with E-state index in [2.05, 4.69) is 57.6 Å². The zero-order valence-electron chi connectivity index (χ0n) is 18.3. The Morgan fingerprint density at radius 3 is 2.06 bits per heavy atom. The summed E-state index contributed by atoms with van der Waals surface area (Å²) in [5.41, 5.74) is 3.31. The Morgan fingerprint density at radius 2 is 1.41 bits per heavy atom. The Kier molecular flexibility index (Phi) is 7.94. The van der Waals surface area contributed by atoms with Crippen LogP contribution in [0.15, 0.2) is 84.9 Å². The van der Waals surface area contributed by atoms with Gasteiger partial charge in [0.25, 0.3) is 5.91 Å². The predicted octanol–water partition coefficient (Wildman–Crippen LogP) is 4.87. The molecule has 1 aliphatic rings. The van der Waals surface area contributed by atoms with Crippen LogP contribution in [-0.4, -0.2) is 55.0 Å². The van der Waals surface area contributed by atoms with Gasteiger partial charge in [0, 0.05) is 43.3 Å². The van der Waals surface area contributed by atoms with Crippen LogP contribution in [0.1, 0.15) is 33.9 Å². The fraction of sp³-hybridized carbons (Fsp3) is 0.296. The highest BCUT2D eigenvalue weighted by atomic mass is 35.5. The van der Waals surface area contributed by atoms with Crippen LogP contribution in [0.3, 0.4) is 0 Å². The summed E-state index contributed by atoms with van der Waals surface area (Å²) in [6.07, 6.45) is 0.956. The summed E-state index contributed by atoms with van der Waals surface area (Å²) in [7, 11) is 0. The summed E-state index contributed by atoms with van der Waals surface area (Å²) in [6, 6.07) is 28.6.